The molecule has 0 spiro atoms. The lowest BCUT2D eigenvalue weighted by Gasteiger charge is -1.92. The van der Waals surface area contributed by atoms with Crippen LogP contribution in [0.5, 0.6) is 0 Å². The van der Waals surface area contributed by atoms with Crippen molar-refractivity contribution in [1.82, 2.24) is 4.98 Å². The number of nitrogens with zero attached hydrogens (tertiary/aromatic N) is 1. The molecule has 1 nitrogen and oxygen atoms in total. The van der Waals surface area contributed by atoms with Crippen LogP contribution in [0.4, 0.5) is 4.39 Å². The summed E-state index contributed by atoms with van der Waals surface area (Å²) in [6.45, 7) is 0. The van der Waals surface area contributed by atoms with Gasteiger partial charge in [-0.3, -0.25) is 0 Å². The summed E-state index contributed by atoms with van der Waals surface area (Å²) in [6, 6.07) is 1.27. The van der Waals surface area contributed by atoms with Gasteiger partial charge in [-0.25, -0.2) is 9.37 Å². The van der Waals surface area contributed by atoms with Crippen LogP contribution in [0.25, 0.3) is 0 Å². The first-order valence-electron chi connectivity index (χ1n) is 2.17. The molecule has 9 heavy (non-hydrogen) atoms. The van der Waals surface area contributed by atoms with Gasteiger partial charge in [0.05, 0.1) is 3.57 Å². The largest absolute Gasteiger partial charge is 0.243 e. The van der Waals surface area contributed by atoms with Crippen molar-refractivity contribution < 1.29 is 4.39 Å². The van der Waals surface area contributed by atoms with Gasteiger partial charge >= 0.3 is 0 Å². The smallest absolute Gasteiger partial charge is 0.145 e. The fourth-order valence-corrected chi connectivity index (χ4v) is 0.862. The molecule has 0 atom stereocenters. The molecule has 1 aromatic rings. The number of hydrogen-bond acceptors (Lipinski definition) is 1. The van der Waals surface area contributed by atoms with Crippen molar-refractivity contribution in [3.63, 3.8) is 0 Å². The summed E-state index contributed by atoms with van der Waals surface area (Å²) in [4.78, 5) is 3.66. The lowest BCUT2D eigenvalue weighted by atomic mass is 10.5. The minimum absolute atomic E-state index is 0.218. The zero-order chi connectivity index (χ0) is 6.85. The molecule has 0 aliphatic rings. The third kappa shape index (κ3) is 1.52. The molecule has 1 rings (SSSR count). The van der Waals surface area contributed by atoms with Gasteiger partial charge in [0.2, 0.25) is 0 Å². The first-order valence-corrected chi connectivity index (χ1v) is 3.63. The summed E-state index contributed by atoms with van der Waals surface area (Å²) in [7, 11) is 0. The van der Waals surface area contributed by atoms with E-state index in [1.807, 2.05) is 0 Å². The molecule has 48 valence electrons. The molecule has 1 heterocycles. The summed E-state index contributed by atoms with van der Waals surface area (Å²) in [6.07, 6.45) is 1.33. The van der Waals surface area contributed by atoms with Crippen molar-refractivity contribution in [2.45, 2.75) is 0 Å². The molecule has 4 heteroatoms. The fraction of sp³-hybridized carbons (Fsp3) is 0. The Bertz CT molecular complexity index is 208. The molecule has 0 N–H and O–H groups in total. The summed E-state index contributed by atoms with van der Waals surface area (Å²) in [5.74, 6) is -0.324. The maximum atomic E-state index is 12.4. The van der Waals surface area contributed by atoms with E-state index in [4.69, 9.17) is 11.6 Å². The van der Waals surface area contributed by atoms with Crippen molar-refractivity contribution in [3.05, 3.63) is 26.8 Å². The van der Waals surface area contributed by atoms with E-state index in [0.29, 0.717) is 3.57 Å². The van der Waals surface area contributed by atoms with Crippen molar-refractivity contribution >= 4 is 34.2 Å². The zero-order valence-electron chi connectivity index (χ0n) is 4.24. The lowest BCUT2D eigenvalue weighted by Crippen LogP contribution is -1.84. The number of hydrogen-bond donors (Lipinski definition) is 0. The predicted molar refractivity (Wildman–Crippen MR) is 41.9 cm³/mol. The molecule has 0 aliphatic carbocycles. The molecule has 0 aromatic carbocycles. The molecular formula is C5H2ClFIN. The third-order valence-electron chi connectivity index (χ3n) is 0.800. The molecule has 1 aromatic heterocycles. The van der Waals surface area contributed by atoms with Crippen LogP contribution < -0.4 is 0 Å². The topological polar surface area (TPSA) is 12.9 Å². The Hall–Kier alpha value is 0.100. The van der Waals surface area contributed by atoms with Gasteiger partial charge in [-0.1, -0.05) is 11.6 Å². The maximum absolute atomic E-state index is 12.4. The van der Waals surface area contributed by atoms with Gasteiger partial charge in [0, 0.05) is 6.20 Å². The van der Waals surface area contributed by atoms with E-state index >= 15 is 0 Å². The van der Waals surface area contributed by atoms with Crippen LogP contribution in [0, 0.1) is 9.39 Å². The second-order valence-electron chi connectivity index (χ2n) is 1.40. The molecule has 0 saturated heterocycles. The van der Waals surface area contributed by atoms with E-state index in [1.165, 1.54) is 12.3 Å². The molecule has 0 bridgehead atoms. The number of rotatable bonds is 0. The Labute approximate surface area is 70.4 Å². The van der Waals surface area contributed by atoms with Gasteiger partial charge in [-0.15, -0.1) is 0 Å². The summed E-state index contributed by atoms with van der Waals surface area (Å²) in [5, 5.41) is 0.218. The van der Waals surface area contributed by atoms with E-state index in [1.54, 1.807) is 22.6 Å². The van der Waals surface area contributed by atoms with Crippen LogP contribution in [0.15, 0.2) is 12.3 Å². The van der Waals surface area contributed by atoms with Gasteiger partial charge in [0.25, 0.3) is 0 Å². The van der Waals surface area contributed by atoms with E-state index < -0.39 is 0 Å². The van der Waals surface area contributed by atoms with Crippen LogP contribution in [0.2, 0.25) is 5.15 Å². The van der Waals surface area contributed by atoms with E-state index in [-0.39, 0.29) is 11.0 Å². The van der Waals surface area contributed by atoms with E-state index in [9.17, 15) is 4.39 Å². The van der Waals surface area contributed by atoms with Gasteiger partial charge in [0.15, 0.2) is 0 Å². The first kappa shape index (κ1) is 7.21. The van der Waals surface area contributed by atoms with Crippen LogP contribution in [-0.2, 0) is 0 Å². The highest BCUT2D eigenvalue weighted by Crippen LogP contribution is 2.17. The maximum Gasteiger partial charge on any atom is 0.145 e. The highest BCUT2D eigenvalue weighted by Gasteiger charge is 2.01. The van der Waals surface area contributed by atoms with Crippen molar-refractivity contribution in [3.8, 4) is 0 Å². The third-order valence-corrected chi connectivity index (χ3v) is 2.43. The Morgan fingerprint density at radius 2 is 2.33 bits per heavy atom. The van der Waals surface area contributed by atoms with Gasteiger partial charge < -0.3 is 0 Å². The normalized spacial score (nSPS) is 9.67. The zero-order valence-corrected chi connectivity index (χ0v) is 7.15. The standard InChI is InChI=1S/C5H2ClFIN/c6-5-4(8)3(7)1-2-9-5/h1-2H. The van der Waals surface area contributed by atoms with Crippen molar-refractivity contribution in [1.29, 1.82) is 0 Å². The molecule has 0 fully saturated rings. The summed E-state index contributed by atoms with van der Waals surface area (Å²) < 4.78 is 12.8. The Balaban J connectivity index is 3.25. The Morgan fingerprint density at radius 1 is 1.67 bits per heavy atom. The van der Waals surface area contributed by atoms with Crippen LogP contribution in [0.1, 0.15) is 0 Å². The quantitative estimate of drug-likeness (QED) is 0.514. The molecule has 0 unspecified atom stereocenters. The second kappa shape index (κ2) is 2.79. The first-order chi connectivity index (χ1) is 4.22. The van der Waals surface area contributed by atoms with Crippen LogP contribution in [0.3, 0.4) is 0 Å². The Morgan fingerprint density at radius 3 is 2.78 bits per heavy atom. The van der Waals surface area contributed by atoms with Gasteiger partial charge in [-0.2, -0.15) is 0 Å². The molecular weight excluding hydrogens is 255 g/mol. The Kier molecular flexibility index (Phi) is 2.23. The molecule has 0 saturated carbocycles. The van der Waals surface area contributed by atoms with E-state index in [2.05, 4.69) is 4.98 Å². The van der Waals surface area contributed by atoms with Crippen LogP contribution >= 0.6 is 34.2 Å². The lowest BCUT2D eigenvalue weighted by molar-refractivity contribution is 0.618. The fourth-order valence-electron chi connectivity index (χ4n) is 0.397. The van der Waals surface area contributed by atoms with Gasteiger partial charge in [0.1, 0.15) is 11.0 Å². The predicted octanol–water partition coefficient (Wildman–Crippen LogP) is 2.48. The molecule has 0 amide bonds. The average Bonchev–Trinajstić information content (AvgIpc) is 1.83. The molecule has 0 aliphatic heterocycles. The SMILES string of the molecule is Fc1ccnc(Cl)c1I. The van der Waals surface area contributed by atoms with E-state index in [0.717, 1.165) is 0 Å². The minimum Gasteiger partial charge on any atom is -0.243 e. The second-order valence-corrected chi connectivity index (χ2v) is 2.83. The molecule has 0 radical (unpaired) electrons. The highest BCUT2D eigenvalue weighted by molar-refractivity contribution is 14.1. The average molecular weight is 257 g/mol. The van der Waals surface area contributed by atoms with Crippen LogP contribution in [-0.4, -0.2) is 4.98 Å². The number of pyridine rings is 1. The van der Waals surface area contributed by atoms with Crippen molar-refractivity contribution in [2.24, 2.45) is 0 Å². The number of aromatic nitrogens is 1. The van der Waals surface area contributed by atoms with Crippen molar-refractivity contribution in [2.75, 3.05) is 0 Å². The van der Waals surface area contributed by atoms with Gasteiger partial charge in [-0.05, 0) is 28.7 Å². The highest BCUT2D eigenvalue weighted by atomic mass is 127. The summed E-state index contributed by atoms with van der Waals surface area (Å²) in [5.41, 5.74) is 0. The minimum atomic E-state index is -0.324. The number of halogens is 3. The summed E-state index contributed by atoms with van der Waals surface area (Å²) >= 11 is 7.25. The monoisotopic (exact) mass is 257 g/mol.